The average molecular weight is 315 g/mol. The number of nitro groups is 1. The number of nitrogens with zero attached hydrogens (tertiary/aromatic N) is 3. The number of nitro benzene ring substituents is 1. The lowest BCUT2D eigenvalue weighted by atomic mass is 10.1. The molecule has 0 radical (unpaired) electrons. The van der Waals surface area contributed by atoms with Crippen LogP contribution in [0.3, 0.4) is 0 Å². The lowest BCUT2D eigenvalue weighted by molar-refractivity contribution is -0.384. The van der Waals surface area contributed by atoms with Crippen LogP contribution in [-0.2, 0) is 6.42 Å². The summed E-state index contributed by atoms with van der Waals surface area (Å²) in [5.41, 5.74) is 1.61. The molecule has 1 N–H and O–H groups in total. The lowest BCUT2D eigenvalue weighted by Crippen LogP contribution is -2.25. The van der Waals surface area contributed by atoms with Crippen molar-refractivity contribution in [2.24, 2.45) is 5.29 Å². The molecule has 0 aliphatic rings. The zero-order valence-corrected chi connectivity index (χ0v) is 12.4. The highest BCUT2D eigenvalue weighted by molar-refractivity contribution is 5.32. The largest absolute Gasteiger partial charge is 0.386 e. The summed E-state index contributed by atoms with van der Waals surface area (Å²) in [7, 11) is 0. The van der Waals surface area contributed by atoms with Gasteiger partial charge in [0.1, 0.15) is 0 Å². The van der Waals surface area contributed by atoms with Crippen LogP contribution >= 0.6 is 0 Å². The van der Waals surface area contributed by atoms with Gasteiger partial charge in [0.25, 0.3) is 5.69 Å². The number of benzene rings is 2. The van der Waals surface area contributed by atoms with Crippen molar-refractivity contribution in [3.8, 4) is 0 Å². The van der Waals surface area contributed by atoms with Gasteiger partial charge >= 0.3 is 0 Å². The number of aliphatic hydroxyl groups is 1. The highest BCUT2D eigenvalue weighted by atomic mass is 16.6. The minimum atomic E-state index is -0.800. The van der Waals surface area contributed by atoms with Crippen LogP contribution in [0, 0.1) is 15.0 Å². The Kier molecular flexibility index (Phi) is 5.76. The van der Waals surface area contributed by atoms with Crippen molar-refractivity contribution in [3.05, 3.63) is 80.7 Å². The molecular weight excluding hydrogens is 298 g/mol. The highest BCUT2D eigenvalue weighted by Crippen LogP contribution is 2.15. The third kappa shape index (κ3) is 4.86. The van der Waals surface area contributed by atoms with E-state index in [0.717, 1.165) is 11.1 Å². The normalized spacial score (nSPS) is 11.7. The van der Waals surface area contributed by atoms with Crippen LogP contribution in [-0.4, -0.2) is 28.1 Å². The zero-order chi connectivity index (χ0) is 16.7. The number of hydrogen-bond donors (Lipinski definition) is 1. The van der Waals surface area contributed by atoms with Crippen molar-refractivity contribution in [2.45, 2.75) is 12.5 Å². The van der Waals surface area contributed by atoms with E-state index in [-0.39, 0.29) is 12.2 Å². The Balaban J connectivity index is 1.89. The Morgan fingerprint density at radius 1 is 1.13 bits per heavy atom. The van der Waals surface area contributed by atoms with Crippen molar-refractivity contribution in [1.29, 1.82) is 0 Å². The summed E-state index contributed by atoms with van der Waals surface area (Å²) in [6.45, 7) is 0.422. The van der Waals surface area contributed by atoms with E-state index in [4.69, 9.17) is 0 Å². The van der Waals surface area contributed by atoms with Gasteiger partial charge in [-0.15, -0.1) is 4.91 Å². The molecule has 7 heteroatoms. The van der Waals surface area contributed by atoms with Gasteiger partial charge in [0.05, 0.1) is 22.9 Å². The molecule has 23 heavy (non-hydrogen) atoms. The molecule has 0 aliphatic carbocycles. The third-order valence-corrected chi connectivity index (χ3v) is 3.49. The first-order chi connectivity index (χ1) is 11.1. The van der Waals surface area contributed by atoms with E-state index in [2.05, 4.69) is 5.29 Å². The molecule has 0 saturated heterocycles. The van der Waals surface area contributed by atoms with E-state index in [1.54, 1.807) is 24.3 Å². The predicted molar refractivity (Wildman–Crippen MR) is 85.6 cm³/mol. The van der Waals surface area contributed by atoms with Crippen LogP contribution in [0.5, 0.6) is 0 Å². The monoisotopic (exact) mass is 315 g/mol. The summed E-state index contributed by atoms with van der Waals surface area (Å²) in [6.07, 6.45) is -0.295. The van der Waals surface area contributed by atoms with Crippen LogP contribution in [0.1, 0.15) is 17.2 Å². The number of non-ortho nitro benzene ring substituents is 1. The SMILES string of the molecule is O=NN(CCc1ccc([N+](=O)[O-])cc1)CC(O)c1ccccc1. The topological polar surface area (TPSA) is 96.0 Å². The van der Waals surface area contributed by atoms with Crippen LogP contribution in [0.15, 0.2) is 59.9 Å². The van der Waals surface area contributed by atoms with Gasteiger partial charge in [-0.05, 0) is 17.5 Å². The lowest BCUT2D eigenvalue weighted by Gasteiger charge is -2.19. The molecule has 1 atom stereocenters. The van der Waals surface area contributed by atoms with E-state index >= 15 is 0 Å². The molecule has 0 heterocycles. The second-order valence-corrected chi connectivity index (χ2v) is 5.09. The second kappa shape index (κ2) is 8.00. The Morgan fingerprint density at radius 2 is 1.78 bits per heavy atom. The van der Waals surface area contributed by atoms with E-state index < -0.39 is 11.0 Å². The van der Waals surface area contributed by atoms with Crippen LogP contribution in [0.4, 0.5) is 5.69 Å². The van der Waals surface area contributed by atoms with Crippen molar-refractivity contribution in [3.63, 3.8) is 0 Å². The summed E-state index contributed by atoms with van der Waals surface area (Å²) in [6, 6.07) is 15.2. The molecule has 2 aromatic carbocycles. The Labute approximate surface area is 133 Å². The number of nitroso groups, excluding NO2 is 1. The average Bonchev–Trinajstić information content (AvgIpc) is 2.59. The number of hydrogen-bond acceptors (Lipinski definition) is 5. The summed E-state index contributed by atoms with van der Waals surface area (Å²) in [5, 5.41) is 24.9. The Morgan fingerprint density at radius 3 is 2.35 bits per heavy atom. The first kappa shape index (κ1) is 16.6. The summed E-state index contributed by atoms with van der Waals surface area (Å²) >= 11 is 0. The maximum atomic E-state index is 10.9. The standard InChI is InChI=1S/C16H17N3O4/c20-16(14-4-2-1-3-5-14)12-18(17-21)11-10-13-6-8-15(9-7-13)19(22)23/h1-9,16,20H,10-12H2. The molecule has 2 rings (SSSR count). The van der Waals surface area contributed by atoms with Gasteiger partial charge in [0.15, 0.2) is 0 Å². The molecular formula is C16H17N3O4. The van der Waals surface area contributed by atoms with Gasteiger partial charge in [-0.3, -0.25) is 15.1 Å². The first-order valence-electron chi connectivity index (χ1n) is 7.14. The maximum Gasteiger partial charge on any atom is 0.269 e. The summed E-state index contributed by atoms with van der Waals surface area (Å²) in [4.78, 5) is 21.0. The van der Waals surface area contributed by atoms with Gasteiger partial charge in [-0.25, -0.2) is 0 Å². The van der Waals surface area contributed by atoms with Crippen molar-refractivity contribution in [1.82, 2.24) is 5.01 Å². The molecule has 0 bridgehead atoms. The quantitative estimate of drug-likeness (QED) is 0.459. The smallest absolute Gasteiger partial charge is 0.269 e. The molecule has 1 unspecified atom stereocenters. The van der Waals surface area contributed by atoms with Gasteiger partial charge in [0, 0.05) is 18.7 Å². The third-order valence-electron chi connectivity index (χ3n) is 3.49. The van der Waals surface area contributed by atoms with Gasteiger partial charge < -0.3 is 5.11 Å². The van der Waals surface area contributed by atoms with E-state index in [1.807, 2.05) is 18.2 Å². The van der Waals surface area contributed by atoms with Crippen LogP contribution in [0.2, 0.25) is 0 Å². The maximum absolute atomic E-state index is 10.9. The summed E-state index contributed by atoms with van der Waals surface area (Å²) < 4.78 is 0. The van der Waals surface area contributed by atoms with E-state index in [1.165, 1.54) is 17.1 Å². The van der Waals surface area contributed by atoms with Crippen LogP contribution < -0.4 is 0 Å². The molecule has 2 aromatic rings. The van der Waals surface area contributed by atoms with Gasteiger partial charge in [0.2, 0.25) is 0 Å². The van der Waals surface area contributed by atoms with Crippen LogP contribution in [0.25, 0.3) is 0 Å². The molecule has 0 saturated carbocycles. The molecule has 120 valence electrons. The second-order valence-electron chi connectivity index (χ2n) is 5.09. The van der Waals surface area contributed by atoms with Crippen molar-refractivity contribution < 1.29 is 10.0 Å². The van der Waals surface area contributed by atoms with E-state index in [9.17, 15) is 20.1 Å². The first-order valence-corrected chi connectivity index (χ1v) is 7.14. The predicted octanol–water partition coefficient (Wildman–Crippen LogP) is 2.85. The molecule has 0 fully saturated rings. The zero-order valence-electron chi connectivity index (χ0n) is 12.4. The fraction of sp³-hybridized carbons (Fsp3) is 0.250. The number of rotatable bonds is 8. The fourth-order valence-electron chi connectivity index (χ4n) is 2.19. The minimum absolute atomic E-state index is 0.0265. The van der Waals surface area contributed by atoms with Crippen molar-refractivity contribution in [2.75, 3.05) is 13.1 Å². The van der Waals surface area contributed by atoms with Gasteiger partial charge in [-0.2, -0.15) is 0 Å². The molecule has 0 spiro atoms. The minimum Gasteiger partial charge on any atom is -0.386 e. The summed E-state index contributed by atoms with van der Waals surface area (Å²) in [5.74, 6) is 0. The van der Waals surface area contributed by atoms with E-state index in [0.29, 0.717) is 13.0 Å². The fourth-order valence-corrected chi connectivity index (χ4v) is 2.19. The van der Waals surface area contributed by atoms with Gasteiger partial charge in [-0.1, -0.05) is 42.5 Å². The molecule has 0 aromatic heterocycles. The van der Waals surface area contributed by atoms with Crippen molar-refractivity contribution >= 4 is 5.69 Å². The highest BCUT2D eigenvalue weighted by Gasteiger charge is 2.13. The molecule has 0 aliphatic heterocycles. The Bertz CT molecular complexity index is 646. The Hall–Kier alpha value is -2.80. The number of aliphatic hydroxyl groups excluding tert-OH is 1. The molecule has 0 amide bonds. The molecule has 7 nitrogen and oxygen atoms in total.